The van der Waals surface area contributed by atoms with Crippen LogP contribution >= 0.6 is 0 Å². The van der Waals surface area contributed by atoms with E-state index in [1.165, 1.54) is 13.8 Å². The standard InChI is InChI=1S/C14H17NO5/c1-10(16)8-13(12-6-4-3-5-7-12)14(15(18)19)9-20-11(2)17/h3-7,13-14H,8-9H2,1-2H3/t13-,14+/m0/s1. The van der Waals surface area contributed by atoms with Gasteiger partial charge in [-0.2, -0.15) is 0 Å². The third kappa shape index (κ3) is 4.79. The Hall–Kier alpha value is -2.24. The molecule has 6 nitrogen and oxygen atoms in total. The zero-order valence-corrected chi connectivity index (χ0v) is 11.4. The molecule has 0 bridgehead atoms. The predicted octanol–water partition coefficient (Wildman–Crippen LogP) is 1.96. The van der Waals surface area contributed by atoms with Gasteiger partial charge in [0, 0.05) is 18.3 Å². The summed E-state index contributed by atoms with van der Waals surface area (Å²) in [4.78, 5) is 32.9. The Morgan fingerprint density at radius 1 is 1.25 bits per heavy atom. The summed E-state index contributed by atoms with van der Waals surface area (Å²) in [5, 5.41) is 11.2. The molecule has 0 radical (unpaired) electrons. The summed E-state index contributed by atoms with van der Waals surface area (Å²) in [6, 6.07) is 7.64. The van der Waals surface area contributed by atoms with Crippen molar-refractivity contribution in [2.75, 3.05) is 6.61 Å². The van der Waals surface area contributed by atoms with E-state index >= 15 is 0 Å². The molecule has 2 atom stereocenters. The van der Waals surface area contributed by atoms with Crippen LogP contribution in [-0.4, -0.2) is 29.3 Å². The largest absolute Gasteiger partial charge is 0.459 e. The number of rotatable bonds is 7. The number of carbonyl (C=O) groups is 2. The summed E-state index contributed by atoms with van der Waals surface area (Å²) in [7, 11) is 0. The number of carbonyl (C=O) groups excluding carboxylic acids is 2. The van der Waals surface area contributed by atoms with Gasteiger partial charge < -0.3 is 9.53 Å². The van der Waals surface area contributed by atoms with Gasteiger partial charge in [-0.25, -0.2) is 0 Å². The molecule has 0 saturated heterocycles. The van der Waals surface area contributed by atoms with Gasteiger partial charge in [0.2, 0.25) is 0 Å². The highest BCUT2D eigenvalue weighted by molar-refractivity contribution is 5.76. The molecule has 108 valence electrons. The first-order valence-electron chi connectivity index (χ1n) is 6.23. The number of hydrogen-bond donors (Lipinski definition) is 0. The maximum absolute atomic E-state index is 11.4. The van der Waals surface area contributed by atoms with Crippen molar-refractivity contribution in [1.82, 2.24) is 0 Å². The van der Waals surface area contributed by atoms with Crippen LogP contribution in [0.4, 0.5) is 0 Å². The van der Waals surface area contributed by atoms with E-state index in [4.69, 9.17) is 4.74 Å². The van der Waals surface area contributed by atoms with Crippen molar-refractivity contribution in [3.8, 4) is 0 Å². The number of nitrogens with zero attached hydrogens (tertiary/aromatic N) is 1. The molecule has 0 spiro atoms. The monoisotopic (exact) mass is 279 g/mol. The number of ether oxygens (including phenoxy) is 1. The minimum absolute atomic E-state index is 0.0386. The summed E-state index contributed by atoms with van der Waals surface area (Å²) in [6.45, 7) is 2.24. The fraction of sp³-hybridized carbons (Fsp3) is 0.429. The lowest BCUT2D eigenvalue weighted by molar-refractivity contribution is -0.529. The van der Waals surface area contributed by atoms with Crippen molar-refractivity contribution >= 4 is 11.8 Å². The van der Waals surface area contributed by atoms with Gasteiger partial charge in [-0.1, -0.05) is 30.3 Å². The third-order valence-corrected chi connectivity index (χ3v) is 2.93. The second-order valence-corrected chi connectivity index (χ2v) is 4.58. The van der Waals surface area contributed by atoms with Gasteiger partial charge in [0.25, 0.3) is 6.04 Å². The molecule has 0 heterocycles. The van der Waals surface area contributed by atoms with Gasteiger partial charge in [-0.3, -0.25) is 14.9 Å². The Balaban J connectivity index is 3.01. The molecular formula is C14H17NO5. The normalized spacial score (nSPS) is 13.3. The average Bonchev–Trinajstić information content (AvgIpc) is 2.37. The first-order valence-corrected chi connectivity index (χ1v) is 6.23. The minimum Gasteiger partial charge on any atom is -0.459 e. The van der Waals surface area contributed by atoms with E-state index in [2.05, 4.69) is 0 Å². The van der Waals surface area contributed by atoms with Crippen LogP contribution in [0.15, 0.2) is 30.3 Å². The topological polar surface area (TPSA) is 86.5 Å². The second kappa shape index (κ2) is 7.37. The second-order valence-electron chi connectivity index (χ2n) is 4.58. The van der Waals surface area contributed by atoms with Crippen LogP contribution in [0.1, 0.15) is 31.7 Å². The predicted molar refractivity (Wildman–Crippen MR) is 71.9 cm³/mol. The highest BCUT2D eigenvalue weighted by Crippen LogP contribution is 2.26. The summed E-state index contributed by atoms with van der Waals surface area (Å²) in [5.74, 6) is -1.33. The van der Waals surface area contributed by atoms with Gasteiger partial charge in [0.1, 0.15) is 5.78 Å². The fourth-order valence-electron chi connectivity index (χ4n) is 2.01. The Morgan fingerprint density at radius 3 is 2.30 bits per heavy atom. The van der Waals surface area contributed by atoms with E-state index in [0.717, 1.165) is 0 Å². The number of hydrogen-bond acceptors (Lipinski definition) is 5. The van der Waals surface area contributed by atoms with Gasteiger partial charge >= 0.3 is 5.97 Å². The summed E-state index contributed by atoms with van der Waals surface area (Å²) in [6.07, 6.45) is 0.0386. The highest BCUT2D eigenvalue weighted by atomic mass is 16.6. The quantitative estimate of drug-likeness (QED) is 0.432. The lowest BCUT2D eigenvalue weighted by Crippen LogP contribution is -2.34. The fourth-order valence-corrected chi connectivity index (χ4v) is 2.01. The van der Waals surface area contributed by atoms with Crippen LogP contribution in [0.2, 0.25) is 0 Å². The Bertz CT molecular complexity index is 486. The van der Waals surface area contributed by atoms with E-state index < -0.39 is 22.9 Å². The summed E-state index contributed by atoms with van der Waals surface area (Å²) < 4.78 is 4.76. The Labute approximate surface area is 116 Å². The van der Waals surface area contributed by atoms with E-state index in [9.17, 15) is 19.7 Å². The van der Waals surface area contributed by atoms with Crippen LogP contribution < -0.4 is 0 Å². The van der Waals surface area contributed by atoms with Crippen molar-refractivity contribution in [3.63, 3.8) is 0 Å². The first kappa shape index (κ1) is 15.8. The van der Waals surface area contributed by atoms with Crippen LogP contribution in [0.5, 0.6) is 0 Å². The SMILES string of the molecule is CC(=O)C[C@@H](c1ccccc1)[C@@H](COC(C)=O)[N+](=O)[O-]. The van der Waals surface area contributed by atoms with Crippen molar-refractivity contribution < 1.29 is 19.2 Å². The molecule has 1 aromatic carbocycles. The number of esters is 1. The number of Topliss-reactive ketones (excluding diaryl/α,β-unsaturated/α-hetero) is 1. The molecule has 6 heteroatoms. The smallest absolute Gasteiger partial charge is 0.302 e. The molecule has 0 fully saturated rings. The molecule has 20 heavy (non-hydrogen) atoms. The van der Waals surface area contributed by atoms with Crippen molar-refractivity contribution in [2.24, 2.45) is 0 Å². The molecule has 0 aliphatic heterocycles. The molecule has 1 rings (SSSR count). The van der Waals surface area contributed by atoms with Crippen molar-refractivity contribution in [2.45, 2.75) is 32.2 Å². The summed E-state index contributed by atoms with van der Waals surface area (Å²) in [5.41, 5.74) is 0.691. The Morgan fingerprint density at radius 2 is 1.85 bits per heavy atom. The van der Waals surface area contributed by atoms with E-state index in [-0.39, 0.29) is 18.8 Å². The van der Waals surface area contributed by atoms with Gasteiger partial charge in [-0.05, 0) is 12.5 Å². The van der Waals surface area contributed by atoms with E-state index in [1.807, 2.05) is 0 Å². The minimum atomic E-state index is -1.13. The zero-order valence-electron chi connectivity index (χ0n) is 11.4. The molecule has 0 aromatic heterocycles. The van der Waals surface area contributed by atoms with Crippen LogP contribution in [0, 0.1) is 10.1 Å². The molecule has 0 aliphatic rings. The molecule has 0 saturated carbocycles. The van der Waals surface area contributed by atoms with Gasteiger partial charge in [0.15, 0.2) is 6.61 Å². The maximum Gasteiger partial charge on any atom is 0.302 e. The average molecular weight is 279 g/mol. The molecule has 0 aliphatic carbocycles. The van der Waals surface area contributed by atoms with E-state index in [1.54, 1.807) is 30.3 Å². The summed E-state index contributed by atoms with van der Waals surface area (Å²) >= 11 is 0. The van der Waals surface area contributed by atoms with Crippen molar-refractivity contribution in [3.05, 3.63) is 46.0 Å². The molecule has 0 unspecified atom stereocenters. The third-order valence-electron chi connectivity index (χ3n) is 2.93. The lowest BCUT2D eigenvalue weighted by Gasteiger charge is -2.20. The van der Waals surface area contributed by atoms with Crippen LogP contribution in [-0.2, 0) is 14.3 Å². The van der Waals surface area contributed by atoms with Gasteiger partial charge in [0.05, 0.1) is 5.92 Å². The maximum atomic E-state index is 11.4. The lowest BCUT2D eigenvalue weighted by atomic mass is 9.88. The van der Waals surface area contributed by atoms with Gasteiger partial charge in [-0.15, -0.1) is 0 Å². The van der Waals surface area contributed by atoms with Crippen LogP contribution in [0.25, 0.3) is 0 Å². The molecular weight excluding hydrogens is 262 g/mol. The molecule has 0 amide bonds. The Kier molecular flexibility index (Phi) is 5.83. The van der Waals surface area contributed by atoms with E-state index in [0.29, 0.717) is 5.56 Å². The van der Waals surface area contributed by atoms with Crippen LogP contribution in [0.3, 0.4) is 0 Å². The molecule has 0 N–H and O–H groups in total. The highest BCUT2D eigenvalue weighted by Gasteiger charge is 2.34. The zero-order chi connectivity index (χ0) is 15.1. The first-order chi connectivity index (χ1) is 9.41. The number of benzene rings is 1. The number of ketones is 1. The number of nitro groups is 1. The molecule has 1 aromatic rings. The van der Waals surface area contributed by atoms with Crippen molar-refractivity contribution in [1.29, 1.82) is 0 Å².